The monoisotopic (exact) mass is 343 g/mol. The molecule has 0 spiro atoms. The van der Waals surface area contributed by atoms with Crippen molar-refractivity contribution in [3.8, 4) is 11.5 Å². The van der Waals surface area contributed by atoms with Crippen LogP contribution in [-0.2, 0) is 0 Å². The van der Waals surface area contributed by atoms with Gasteiger partial charge in [0.1, 0.15) is 17.3 Å². The zero-order valence-corrected chi connectivity index (χ0v) is 12.5. The Morgan fingerprint density at radius 3 is 2.68 bits per heavy atom. The van der Waals surface area contributed by atoms with Crippen molar-refractivity contribution >= 4 is 27.5 Å². The normalized spacial score (nSPS) is 12.3. The van der Waals surface area contributed by atoms with Crippen molar-refractivity contribution < 1.29 is 9.13 Å². The number of hydrogen-bond donors (Lipinski definition) is 1. The lowest BCUT2D eigenvalue weighted by Gasteiger charge is -2.15. The van der Waals surface area contributed by atoms with Gasteiger partial charge in [0, 0.05) is 16.1 Å². The number of hydrogen-bond acceptors (Lipinski definition) is 2. The third-order valence-corrected chi connectivity index (χ3v) is 3.39. The largest absolute Gasteiger partial charge is 0.455 e. The van der Waals surface area contributed by atoms with Crippen molar-refractivity contribution in [2.24, 2.45) is 5.73 Å². The summed E-state index contributed by atoms with van der Waals surface area (Å²) in [5.74, 6) is 0.428. The summed E-state index contributed by atoms with van der Waals surface area (Å²) in [6, 6.07) is 9.34. The van der Waals surface area contributed by atoms with Crippen LogP contribution in [0.25, 0.3) is 0 Å². The van der Waals surface area contributed by atoms with Crippen molar-refractivity contribution in [3.63, 3.8) is 0 Å². The number of rotatable bonds is 3. The van der Waals surface area contributed by atoms with Gasteiger partial charge in [-0.3, -0.25) is 0 Å². The SMILES string of the molecule is C[C@@H](N)c1c(F)cccc1Oc1cc(Br)ccc1Cl. The quantitative estimate of drug-likeness (QED) is 0.845. The Kier molecular flexibility index (Phi) is 4.45. The number of benzene rings is 2. The van der Waals surface area contributed by atoms with E-state index in [0.29, 0.717) is 22.1 Å². The van der Waals surface area contributed by atoms with Gasteiger partial charge >= 0.3 is 0 Å². The average molecular weight is 345 g/mol. The molecule has 0 aromatic heterocycles. The molecule has 0 aliphatic carbocycles. The van der Waals surface area contributed by atoms with Crippen LogP contribution in [0.5, 0.6) is 11.5 Å². The summed E-state index contributed by atoms with van der Waals surface area (Å²) in [5.41, 5.74) is 6.11. The number of nitrogens with two attached hydrogens (primary N) is 1. The van der Waals surface area contributed by atoms with Gasteiger partial charge in [-0.2, -0.15) is 0 Å². The minimum absolute atomic E-state index is 0.332. The second-order valence-corrected chi connectivity index (χ2v) is 5.44. The fourth-order valence-electron chi connectivity index (χ4n) is 1.72. The van der Waals surface area contributed by atoms with Gasteiger partial charge in [-0.05, 0) is 37.3 Å². The Bertz CT molecular complexity index is 604. The van der Waals surface area contributed by atoms with Gasteiger partial charge in [0.05, 0.1) is 5.02 Å². The summed E-state index contributed by atoms with van der Waals surface area (Å²) in [6.07, 6.45) is 0. The average Bonchev–Trinajstić information content (AvgIpc) is 2.33. The van der Waals surface area contributed by atoms with Crippen LogP contribution in [0.3, 0.4) is 0 Å². The number of ether oxygens (including phenoxy) is 1. The van der Waals surface area contributed by atoms with Gasteiger partial charge in [-0.15, -0.1) is 0 Å². The highest BCUT2D eigenvalue weighted by atomic mass is 79.9. The first-order valence-corrected chi connectivity index (χ1v) is 6.83. The van der Waals surface area contributed by atoms with Gasteiger partial charge in [-0.25, -0.2) is 4.39 Å². The van der Waals surface area contributed by atoms with Gasteiger partial charge in [0.25, 0.3) is 0 Å². The fourth-order valence-corrected chi connectivity index (χ4v) is 2.22. The molecule has 0 aliphatic heterocycles. The molecule has 19 heavy (non-hydrogen) atoms. The van der Waals surface area contributed by atoms with E-state index >= 15 is 0 Å². The van der Waals surface area contributed by atoms with E-state index in [0.717, 1.165) is 4.47 Å². The summed E-state index contributed by atoms with van der Waals surface area (Å²) in [7, 11) is 0. The topological polar surface area (TPSA) is 35.2 Å². The molecule has 5 heteroatoms. The zero-order valence-electron chi connectivity index (χ0n) is 10.2. The second kappa shape index (κ2) is 5.90. The summed E-state index contributed by atoms with van der Waals surface area (Å²) >= 11 is 9.38. The molecule has 2 aromatic carbocycles. The lowest BCUT2D eigenvalue weighted by Crippen LogP contribution is -2.09. The lowest BCUT2D eigenvalue weighted by atomic mass is 10.1. The molecule has 2 N–H and O–H groups in total. The maximum absolute atomic E-state index is 13.8. The van der Waals surface area contributed by atoms with E-state index in [4.69, 9.17) is 22.1 Å². The molecule has 0 unspecified atom stereocenters. The molecule has 0 heterocycles. The Labute approximate surface area is 124 Å². The van der Waals surface area contributed by atoms with E-state index in [1.807, 2.05) is 0 Å². The Morgan fingerprint density at radius 2 is 2.00 bits per heavy atom. The Balaban J connectivity index is 2.44. The molecule has 0 radical (unpaired) electrons. The van der Waals surface area contributed by atoms with Crippen LogP contribution < -0.4 is 10.5 Å². The van der Waals surface area contributed by atoms with Crippen molar-refractivity contribution in [1.82, 2.24) is 0 Å². The first kappa shape index (κ1) is 14.3. The van der Waals surface area contributed by atoms with E-state index in [9.17, 15) is 4.39 Å². The van der Waals surface area contributed by atoms with Crippen molar-refractivity contribution in [2.75, 3.05) is 0 Å². The summed E-state index contributed by atoms with van der Waals surface area (Å²) < 4.78 is 20.3. The van der Waals surface area contributed by atoms with Gasteiger partial charge in [0.2, 0.25) is 0 Å². The van der Waals surface area contributed by atoms with E-state index in [1.165, 1.54) is 6.07 Å². The van der Waals surface area contributed by atoms with Crippen LogP contribution in [0.2, 0.25) is 5.02 Å². The number of halogens is 3. The van der Waals surface area contributed by atoms with Crippen molar-refractivity contribution in [3.05, 3.63) is 57.3 Å². The molecule has 0 aliphatic rings. The van der Waals surface area contributed by atoms with Crippen LogP contribution in [0.4, 0.5) is 4.39 Å². The van der Waals surface area contributed by atoms with Crippen LogP contribution in [0.15, 0.2) is 40.9 Å². The summed E-state index contributed by atoms with van der Waals surface area (Å²) in [5, 5.41) is 0.447. The molecule has 0 bridgehead atoms. The molecule has 2 rings (SSSR count). The maximum atomic E-state index is 13.8. The molecule has 0 amide bonds. The third-order valence-electron chi connectivity index (χ3n) is 2.58. The molecule has 0 saturated carbocycles. The first-order chi connectivity index (χ1) is 8.99. The van der Waals surface area contributed by atoms with Crippen LogP contribution in [0, 0.1) is 5.82 Å². The lowest BCUT2D eigenvalue weighted by molar-refractivity contribution is 0.461. The highest BCUT2D eigenvalue weighted by Crippen LogP contribution is 2.35. The van der Waals surface area contributed by atoms with Crippen molar-refractivity contribution in [1.29, 1.82) is 0 Å². The maximum Gasteiger partial charge on any atom is 0.147 e. The highest BCUT2D eigenvalue weighted by Gasteiger charge is 2.15. The molecular formula is C14H12BrClFNO. The van der Waals surface area contributed by atoms with Gasteiger partial charge in [-0.1, -0.05) is 33.6 Å². The summed E-state index contributed by atoms with van der Waals surface area (Å²) in [6.45, 7) is 1.70. The highest BCUT2D eigenvalue weighted by molar-refractivity contribution is 9.10. The van der Waals surface area contributed by atoms with E-state index in [-0.39, 0.29) is 0 Å². The third kappa shape index (κ3) is 3.26. The molecule has 0 fully saturated rings. The zero-order chi connectivity index (χ0) is 14.0. The fraction of sp³-hybridized carbons (Fsp3) is 0.143. The Hall–Kier alpha value is -1.10. The minimum atomic E-state index is -0.470. The summed E-state index contributed by atoms with van der Waals surface area (Å²) in [4.78, 5) is 0. The predicted octanol–water partition coefficient (Wildman–Crippen LogP) is 5.05. The first-order valence-electron chi connectivity index (χ1n) is 5.66. The van der Waals surface area contributed by atoms with Crippen LogP contribution in [0.1, 0.15) is 18.5 Å². The molecule has 0 saturated heterocycles. The van der Waals surface area contributed by atoms with Crippen LogP contribution in [-0.4, -0.2) is 0 Å². The minimum Gasteiger partial charge on any atom is -0.455 e. The molecule has 100 valence electrons. The molecule has 1 atom stereocenters. The van der Waals surface area contributed by atoms with Crippen molar-refractivity contribution in [2.45, 2.75) is 13.0 Å². The standard InChI is InChI=1S/C14H12BrClFNO/c1-8(18)14-11(17)3-2-4-12(14)19-13-7-9(15)5-6-10(13)16/h2-8H,18H2,1H3/t8-/m1/s1. The van der Waals surface area contributed by atoms with E-state index in [2.05, 4.69) is 15.9 Å². The predicted molar refractivity (Wildman–Crippen MR) is 78.2 cm³/mol. The van der Waals surface area contributed by atoms with E-state index < -0.39 is 11.9 Å². The van der Waals surface area contributed by atoms with Gasteiger partial charge < -0.3 is 10.5 Å². The smallest absolute Gasteiger partial charge is 0.147 e. The van der Waals surface area contributed by atoms with E-state index in [1.54, 1.807) is 37.3 Å². The van der Waals surface area contributed by atoms with Gasteiger partial charge in [0.15, 0.2) is 0 Å². The van der Waals surface area contributed by atoms with Crippen LogP contribution >= 0.6 is 27.5 Å². The molecular weight excluding hydrogens is 333 g/mol. The molecule has 2 aromatic rings. The Morgan fingerprint density at radius 1 is 1.26 bits per heavy atom. The molecule has 2 nitrogen and oxygen atoms in total. The second-order valence-electron chi connectivity index (χ2n) is 4.12.